The van der Waals surface area contributed by atoms with Gasteiger partial charge in [0.05, 0.1) is 0 Å². The average Bonchev–Trinajstić information content (AvgIpc) is 2.73. The normalized spacial score (nSPS) is 10.8. The maximum absolute atomic E-state index is 10.9. The Morgan fingerprint density at radius 1 is 1.38 bits per heavy atom. The molecular weight excluding hydrogens is 202 g/mol. The highest BCUT2D eigenvalue weighted by Crippen LogP contribution is 2.19. The van der Waals surface area contributed by atoms with Crippen LogP contribution in [0.15, 0.2) is 30.5 Å². The highest BCUT2D eigenvalue weighted by molar-refractivity contribution is 5.97. The van der Waals surface area contributed by atoms with Gasteiger partial charge in [-0.3, -0.25) is 4.79 Å². The molecule has 2 aromatic rings. The van der Waals surface area contributed by atoms with Crippen LogP contribution >= 0.6 is 0 Å². The molecule has 0 amide bonds. The molecule has 0 fully saturated rings. The minimum absolute atomic E-state index is 0.753. The van der Waals surface area contributed by atoms with Crippen molar-refractivity contribution in [3.05, 3.63) is 36.0 Å². The smallest absolute Gasteiger partial charge is 0.150 e. The molecule has 3 nitrogen and oxygen atoms in total. The molecule has 0 saturated heterocycles. The summed E-state index contributed by atoms with van der Waals surface area (Å²) in [5, 5.41) is 1.02. The average molecular weight is 217 g/mol. The van der Waals surface area contributed by atoms with E-state index in [2.05, 4.69) is 4.57 Å². The van der Waals surface area contributed by atoms with Gasteiger partial charge in [0.1, 0.15) is 0 Å². The first-order valence-corrected chi connectivity index (χ1v) is 5.39. The molecule has 1 aromatic carbocycles. The summed E-state index contributed by atoms with van der Waals surface area (Å²) in [6, 6.07) is 7.79. The monoisotopic (exact) mass is 217 g/mol. The molecule has 0 bridgehead atoms. The topological polar surface area (TPSA) is 31.2 Å². The molecule has 0 atom stereocenters. The Morgan fingerprint density at radius 3 is 3.00 bits per heavy atom. The van der Waals surface area contributed by atoms with Crippen LogP contribution in [0.3, 0.4) is 0 Å². The molecular formula is C13H15NO2. The third kappa shape index (κ3) is 1.99. The number of nitrogens with zero attached hydrogens (tertiary/aromatic N) is 1. The quantitative estimate of drug-likeness (QED) is 0.569. The molecule has 3 heteroatoms. The molecule has 1 heterocycles. The minimum atomic E-state index is 0.753. The van der Waals surface area contributed by atoms with Crippen molar-refractivity contribution in [1.82, 2.24) is 4.57 Å². The number of hydrogen-bond donors (Lipinski definition) is 0. The molecule has 0 aliphatic rings. The number of aryl methyl sites for hydroxylation is 1. The Hall–Kier alpha value is -1.61. The van der Waals surface area contributed by atoms with E-state index in [1.54, 1.807) is 7.11 Å². The number of aromatic nitrogens is 1. The van der Waals surface area contributed by atoms with E-state index < -0.39 is 0 Å². The SMILES string of the molecule is COCCCn1ccc2c(C=O)cccc21. The second kappa shape index (κ2) is 4.94. The van der Waals surface area contributed by atoms with Gasteiger partial charge in [0.15, 0.2) is 6.29 Å². The molecule has 0 radical (unpaired) electrons. The maximum Gasteiger partial charge on any atom is 0.150 e. The van der Waals surface area contributed by atoms with Gasteiger partial charge in [-0.05, 0) is 18.6 Å². The van der Waals surface area contributed by atoms with Crippen molar-refractivity contribution < 1.29 is 9.53 Å². The van der Waals surface area contributed by atoms with Gasteiger partial charge < -0.3 is 9.30 Å². The molecule has 84 valence electrons. The van der Waals surface area contributed by atoms with Crippen molar-refractivity contribution in [1.29, 1.82) is 0 Å². The minimum Gasteiger partial charge on any atom is -0.385 e. The Kier molecular flexibility index (Phi) is 3.37. The fourth-order valence-corrected chi connectivity index (χ4v) is 1.92. The Morgan fingerprint density at radius 2 is 2.25 bits per heavy atom. The van der Waals surface area contributed by atoms with E-state index in [1.807, 2.05) is 30.5 Å². The first-order valence-electron chi connectivity index (χ1n) is 5.39. The van der Waals surface area contributed by atoms with Crippen LogP contribution < -0.4 is 0 Å². The van der Waals surface area contributed by atoms with Crippen LogP contribution in [0.1, 0.15) is 16.8 Å². The summed E-state index contributed by atoms with van der Waals surface area (Å²) in [4.78, 5) is 10.9. The second-order valence-electron chi connectivity index (χ2n) is 3.75. The van der Waals surface area contributed by atoms with Gasteiger partial charge in [0, 0.05) is 42.9 Å². The summed E-state index contributed by atoms with van der Waals surface area (Å²) < 4.78 is 7.18. The maximum atomic E-state index is 10.9. The van der Waals surface area contributed by atoms with E-state index in [4.69, 9.17) is 4.74 Å². The van der Waals surface area contributed by atoms with Crippen molar-refractivity contribution in [2.24, 2.45) is 0 Å². The van der Waals surface area contributed by atoms with Crippen LogP contribution in [0, 0.1) is 0 Å². The zero-order valence-corrected chi connectivity index (χ0v) is 9.35. The molecule has 0 saturated carbocycles. The third-order valence-electron chi connectivity index (χ3n) is 2.72. The highest BCUT2D eigenvalue weighted by Gasteiger charge is 2.04. The van der Waals surface area contributed by atoms with E-state index in [1.165, 1.54) is 0 Å². The van der Waals surface area contributed by atoms with Gasteiger partial charge in [-0.25, -0.2) is 0 Å². The molecule has 0 unspecified atom stereocenters. The number of carbonyl (C=O) groups excluding carboxylic acids is 1. The molecule has 0 N–H and O–H groups in total. The lowest BCUT2D eigenvalue weighted by atomic mass is 10.1. The predicted octanol–water partition coefficient (Wildman–Crippen LogP) is 2.49. The van der Waals surface area contributed by atoms with E-state index in [0.717, 1.165) is 42.3 Å². The summed E-state index contributed by atoms with van der Waals surface area (Å²) >= 11 is 0. The molecule has 0 spiro atoms. The molecule has 16 heavy (non-hydrogen) atoms. The molecule has 2 rings (SSSR count). The van der Waals surface area contributed by atoms with Crippen molar-refractivity contribution in [3.63, 3.8) is 0 Å². The van der Waals surface area contributed by atoms with Gasteiger partial charge in [0.2, 0.25) is 0 Å². The highest BCUT2D eigenvalue weighted by atomic mass is 16.5. The number of benzene rings is 1. The zero-order valence-electron chi connectivity index (χ0n) is 9.35. The van der Waals surface area contributed by atoms with Gasteiger partial charge >= 0.3 is 0 Å². The summed E-state index contributed by atoms with van der Waals surface area (Å²) in [5.74, 6) is 0. The number of carbonyl (C=O) groups is 1. The summed E-state index contributed by atoms with van der Waals surface area (Å²) in [6.45, 7) is 1.67. The van der Waals surface area contributed by atoms with Crippen molar-refractivity contribution >= 4 is 17.2 Å². The fraction of sp³-hybridized carbons (Fsp3) is 0.308. The van der Waals surface area contributed by atoms with Crippen LogP contribution in [0.2, 0.25) is 0 Å². The van der Waals surface area contributed by atoms with Crippen LogP contribution in [0.4, 0.5) is 0 Å². The standard InChI is InChI=1S/C13H15NO2/c1-16-9-3-7-14-8-6-12-11(10-15)4-2-5-13(12)14/h2,4-6,8,10H,3,7,9H2,1H3. The van der Waals surface area contributed by atoms with Crippen molar-refractivity contribution in [3.8, 4) is 0 Å². The number of ether oxygens (including phenoxy) is 1. The summed E-state index contributed by atoms with van der Waals surface area (Å²) in [5.41, 5.74) is 1.86. The van der Waals surface area contributed by atoms with E-state index in [0.29, 0.717) is 0 Å². The zero-order chi connectivity index (χ0) is 11.4. The molecule has 0 aliphatic heterocycles. The number of hydrogen-bond acceptors (Lipinski definition) is 2. The van der Waals surface area contributed by atoms with Gasteiger partial charge in [-0.1, -0.05) is 12.1 Å². The van der Waals surface area contributed by atoms with Crippen LogP contribution in [0.5, 0.6) is 0 Å². The lowest BCUT2D eigenvalue weighted by Gasteiger charge is -2.05. The number of aldehydes is 1. The van der Waals surface area contributed by atoms with Gasteiger partial charge in [-0.2, -0.15) is 0 Å². The van der Waals surface area contributed by atoms with Crippen molar-refractivity contribution in [2.75, 3.05) is 13.7 Å². The Balaban J connectivity index is 2.30. The van der Waals surface area contributed by atoms with Crippen LogP contribution in [-0.2, 0) is 11.3 Å². The van der Waals surface area contributed by atoms with Crippen molar-refractivity contribution in [2.45, 2.75) is 13.0 Å². The number of fused-ring (bicyclic) bond motifs is 1. The molecule has 1 aromatic heterocycles. The summed E-state index contributed by atoms with van der Waals surface area (Å²) in [6.07, 6.45) is 3.90. The predicted molar refractivity (Wildman–Crippen MR) is 63.8 cm³/mol. The van der Waals surface area contributed by atoms with E-state index >= 15 is 0 Å². The Labute approximate surface area is 94.6 Å². The van der Waals surface area contributed by atoms with Gasteiger partial charge in [0.25, 0.3) is 0 Å². The van der Waals surface area contributed by atoms with Gasteiger partial charge in [-0.15, -0.1) is 0 Å². The number of methoxy groups -OCH3 is 1. The van der Waals surface area contributed by atoms with Crippen LogP contribution in [0.25, 0.3) is 10.9 Å². The summed E-state index contributed by atoms with van der Waals surface area (Å²) in [7, 11) is 1.71. The van der Waals surface area contributed by atoms with Crippen LogP contribution in [-0.4, -0.2) is 24.6 Å². The first-order chi connectivity index (χ1) is 7.86. The first kappa shape index (κ1) is 10.9. The second-order valence-corrected chi connectivity index (χ2v) is 3.75. The molecule has 0 aliphatic carbocycles. The number of rotatable bonds is 5. The lowest BCUT2D eigenvalue weighted by molar-refractivity contribution is 0.112. The van der Waals surface area contributed by atoms with E-state index in [9.17, 15) is 4.79 Å². The largest absolute Gasteiger partial charge is 0.385 e. The lowest BCUT2D eigenvalue weighted by Crippen LogP contribution is -1.99. The fourth-order valence-electron chi connectivity index (χ4n) is 1.92. The Bertz CT molecular complexity index is 488. The third-order valence-corrected chi connectivity index (χ3v) is 2.72. The van der Waals surface area contributed by atoms with E-state index in [-0.39, 0.29) is 0 Å².